The number of anilines is 1. The normalized spacial score (nSPS) is 19.9. The molecule has 1 N–H and O–H groups in total. The molecule has 1 saturated heterocycles. The monoisotopic (exact) mass is 443 g/mol. The molecule has 3 heterocycles. The van der Waals surface area contributed by atoms with Crippen LogP contribution in [0.5, 0.6) is 0 Å². The Bertz CT molecular complexity index is 1160. The van der Waals surface area contributed by atoms with Crippen molar-refractivity contribution in [3.8, 4) is 0 Å². The number of hydrogen-bond acceptors (Lipinski definition) is 6. The summed E-state index contributed by atoms with van der Waals surface area (Å²) in [7, 11) is 1.78. The average molecular weight is 444 g/mol. The van der Waals surface area contributed by atoms with E-state index >= 15 is 0 Å². The van der Waals surface area contributed by atoms with E-state index in [2.05, 4.69) is 14.9 Å². The van der Waals surface area contributed by atoms with E-state index in [1.807, 2.05) is 34.6 Å². The standard InChI is InChI=1S/C23H33N5O4/c1-13-18-17(20(29)25-21(30)28(18)16-7-8-16)11-24-19(13)27-10-9-15(12-27)14(2)26(6)22(31)32-23(3,4)5/h11,14-16H,7-10,12H2,1-6H3,(H,25,29,30)/t14-,15+/m0/s1. The first-order valence-electron chi connectivity index (χ1n) is 11.3. The lowest BCUT2D eigenvalue weighted by molar-refractivity contribution is 0.0192. The lowest BCUT2D eigenvalue weighted by atomic mass is 10.00. The molecule has 4 rings (SSSR count). The Kier molecular flexibility index (Phi) is 5.55. The number of fused-ring (bicyclic) bond motifs is 1. The second-order valence-corrected chi connectivity index (χ2v) is 10.2. The number of carbonyl (C=O) groups is 1. The number of aryl methyl sites for hydroxylation is 1. The molecule has 0 aromatic carbocycles. The quantitative estimate of drug-likeness (QED) is 0.780. The topological polar surface area (TPSA) is 101 Å². The molecular formula is C23H33N5O4. The van der Waals surface area contributed by atoms with E-state index < -0.39 is 11.2 Å². The Labute approximate surface area is 187 Å². The van der Waals surface area contributed by atoms with E-state index in [1.54, 1.807) is 22.7 Å². The Morgan fingerprint density at radius 2 is 1.97 bits per heavy atom. The van der Waals surface area contributed by atoms with Gasteiger partial charge in [-0.3, -0.25) is 14.3 Å². The summed E-state index contributed by atoms with van der Waals surface area (Å²) < 4.78 is 7.24. The molecule has 0 bridgehead atoms. The van der Waals surface area contributed by atoms with Crippen molar-refractivity contribution in [2.24, 2.45) is 5.92 Å². The zero-order chi connectivity index (χ0) is 23.4. The largest absolute Gasteiger partial charge is 0.444 e. The molecule has 2 aliphatic rings. The second kappa shape index (κ2) is 7.94. The maximum Gasteiger partial charge on any atom is 0.410 e. The molecule has 9 heteroatoms. The van der Waals surface area contributed by atoms with Gasteiger partial charge in [0.2, 0.25) is 0 Å². The highest BCUT2D eigenvalue weighted by molar-refractivity contribution is 5.84. The highest BCUT2D eigenvalue weighted by atomic mass is 16.6. The number of amides is 1. The van der Waals surface area contributed by atoms with E-state index in [4.69, 9.17) is 4.74 Å². The van der Waals surface area contributed by atoms with Crippen LogP contribution in [0.3, 0.4) is 0 Å². The zero-order valence-electron chi connectivity index (χ0n) is 19.8. The van der Waals surface area contributed by atoms with E-state index in [0.29, 0.717) is 10.9 Å². The lowest BCUT2D eigenvalue weighted by Crippen LogP contribution is -2.43. The van der Waals surface area contributed by atoms with Crippen molar-refractivity contribution in [1.82, 2.24) is 19.4 Å². The third kappa shape index (κ3) is 4.12. The van der Waals surface area contributed by atoms with Gasteiger partial charge in [0.05, 0.1) is 10.9 Å². The van der Waals surface area contributed by atoms with Crippen molar-refractivity contribution in [3.63, 3.8) is 0 Å². The molecule has 32 heavy (non-hydrogen) atoms. The predicted octanol–water partition coefficient (Wildman–Crippen LogP) is 2.81. The fourth-order valence-electron chi connectivity index (χ4n) is 4.58. The summed E-state index contributed by atoms with van der Waals surface area (Å²) in [4.78, 5) is 48.3. The zero-order valence-corrected chi connectivity index (χ0v) is 19.8. The van der Waals surface area contributed by atoms with Gasteiger partial charge in [-0.05, 0) is 59.8 Å². The summed E-state index contributed by atoms with van der Waals surface area (Å²) in [6, 6.07) is 0.146. The molecule has 0 spiro atoms. The van der Waals surface area contributed by atoms with Crippen molar-refractivity contribution in [3.05, 3.63) is 32.6 Å². The minimum absolute atomic E-state index is 0.00287. The van der Waals surface area contributed by atoms with Crippen LogP contribution >= 0.6 is 0 Å². The summed E-state index contributed by atoms with van der Waals surface area (Å²) in [5.74, 6) is 1.06. The molecule has 1 amide bonds. The van der Waals surface area contributed by atoms with Crippen molar-refractivity contribution < 1.29 is 9.53 Å². The number of carbonyl (C=O) groups excluding carboxylic acids is 1. The highest BCUT2D eigenvalue weighted by Crippen LogP contribution is 2.37. The summed E-state index contributed by atoms with van der Waals surface area (Å²) in [6.45, 7) is 11.1. The highest BCUT2D eigenvalue weighted by Gasteiger charge is 2.34. The van der Waals surface area contributed by atoms with Gasteiger partial charge in [-0.1, -0.05) is 0 Å². The summed E-state index contributed by atoms with van der Waals surface area (Å²) >= 11 is 0. The first-order valence-corrected chi connectivity index (χ1v) is 11.3. The fourth-order valence-corrected chi connectivity index (χ4v) is 4.58. The minimum atomic E-state index is -0.534. The summed E-state index contributed by atoms with van der Waals surface area (Å²) in [6.07, 6.45) is 4.06. The van der Waals surface area contributed by atoms with Gasteiger partial charge in [-0.15, -0.1) is 0 Å². The Morgan fingerprint density at radius 3 is 2.59 bits per heavy atom. The molecule has 2 aromatic rings. The number of nitrogens with one attached hydrogen (secondary N) is 1. The van der Waals surface area contributed by atoms with E-state index in [9.17, 15) is 14.4 Å². The first kappa shape index (κ1) is 22.4. The van der Waals surface area contributed by atoms with Crippen LogP contribution in [0.2, 0.25) is 0 Å². The van der Waals surface area contributed by atoms with Crippen LogP contribution in [0.4, 0.5) is 10.6 Å². The third-order valence-corrected chi connectivity index (χ3v) is 6.60. The van der Waals surface area contributed by atoms with Gasteiger partial charge in [-0.25, -0.2) is 14.6 Å². The Balaban J connectivity index is 1.59. The average Bonchev–Trinajstić information content (AvgIpc) is 3.41. The molecule has 1 aliphatic carbocycles. The van der Waals surface area contributed by atoms with Crippen molar-refractivity contribution in [1.29, 1.82) is 0 Å². The molecule has 0 radical (unpaired) electrons. The maximum absolute atomic E-state index is 12.5. The predicted molar refractivity (Wildman–Crippen MR) is 123 cm³/mol. The number of aromatic amines is 1. The molecule has 2 aromatic heterocycles. The second-order valence-electron chi connectivity index (χ2n) is 10.2. The number of H-pyrrole nitrogens is 1. The van der Waals surface area contributed by atoms with Gasteiger partial charge in [-0.2, -0.15) is 0 Å². The molecular weight excluding hydrogens is 410 g/mol. The fraction of sp³-hybridized carbons (Fsp3) is 0.652. The van der Waals surface area contributed by atoms with E-state index in [-0.39, 0.29) is 29.8 Å². The van der Waals surface area contributed by atoms with Gasteiger partial charge in [0, 0.05) is 44.0 Å². The minimum Gasteiger partial charge on any atom is -0.444 e. The molecule has 1 aliphatic heterocycles. The number of ether oxygens (including phenoxy) is 1. The van der Waals surface area contributed by atoms with Crippen LogP contribution < -0.4 is 16.1 Å². The van der Waals surface area contributed by atoms with Crippen molar-refractivity contribution in [2.75, 3.05) is 25.0 Å². The Morgan fingerprint density at radius 1 is 1.28 bits per heavy atom. The van der Waals surface area contributed by atoms with Crippen LogP contribution in [0.15, 0.2) is 15.8 Å². The molecule has 0 unspecified atom stereocenters. The molecule has 2 fully saturated rings. The van der Waals surface area contributed by atoms with Crippen LogP contribution in [-0.2, 0) is 4.74 Å². The van der Waals surface area contributed by atoms with E-state index in [0.717, 1.165) is 43.7 Å². The van der Waals surface area contributed by atoms with Crippen molar-refractivity contribution >= 4 is 22.8 Å². The van der Waals surface area contributed by atoms with Crippen LogP contribution in [-0.4, -0.2) is 57.3 Å². The van der Waals surface area contributed by atoms with Crippen molar-refractivity contribution in [2.45, 2.75) is 71.6 Å². The van der Waals surface area contributed by atoms with E-state index in [1.165, 1.54) is 0 Å². The summed E-state index contributed by atoms with van der Waals surface area (Å²) in [5.41, 5.74) is 0.266. The first-order chi connectivity index (χ1) is 15.0. The molecule has 2 atom stereocenters. The lowest BCUT2D eigenvalue weighted by Gasteiger charge is -2.32. The summed E-state index contributed by atoms with van der Waals surface area (Å²) in [5, 5.41) is 0.450. The Hall–Kier alpha value is -2.84. The SMILES string of the molecule is Cc1c(N2CC[C@@H]([C@H](C)N(C)C(=O)OC(C)(C)C)C2)ncc2c(=O)[nH]c(=O)n(C3CC3)c12. The number of rotatable bonds is 4. The number of pyridine rings is 1. The molecule has 9 nitrogen and oxygen atoms in total. The maximum atomic E-state index is 12.5. The number of nitrogens with zero attached hydrogens (tertiary/aromatic N) is 4. The van der Waals surface area contributed by atoms with Crippen LogP contribution in [0.1, 0.15) is 58.6 Å². The molecule has 174 valence electrons. The van der Waals surface area contributed by atoms with Crippen LogP contribution in [0.25, 0.3) is 10.9 Å². The van der Waals surface area contributed by atoms with Gasteiger partial charge >= 0.3 is 11.8 Å². The molecule has 1 saturated carbocycles. The van der Waals surface area contributed by atoms with Gasteiger partial charge in [0.25, 0.3) is 5.56 Å². The number of hydrogen-bond donors (Lipinski definition) is 1. The van der Waals surface area contributed by atoms with Crippen LogP contribution in [0, 0.1) is 12.8 Å². The number of aromatic nitrogens is 3. The van der Waals surface area contributed by atoms with Gasteiger partial charge in [0.15, 0.2) is 0 Å². The smallest absolute Gasteiger partial charge is 0.410 e. The van der Waals surface area contributed by atoms with Gasteiger partial charge < -0.3 is 14.5 Å². The third-order valence-electron chi connectivity index (χ3n) is 6.60. The van der Waals surface area contributed by atoms with Gasteiger partial charge in [0.1, 0.15) is 11.4 Å².